The minimum absolute atomic E-state index is 0.0133. The van der Waals surface area contributed by atoms with Gasteiger partial charge in [0, 0.05) is 19.7 Å². The predicted molar refractivity (Wildman–Crippen MR) is 132 cm³/mol. The van der Waals surface area contributed by atoms with Crippen molar-refractivity contribution < 1.29 is 21.9 Å². The molecule has 0 saturated carbocycles. The molecule has 0 spiro atoms. The maximum atomic E-state index is 13.1. The Kier molecular flexibility index (Phi) is 7.64. The Morgan fingerprint density at radius 3 is 2.55 bits per heavy atom. The van der Waals surface area contributed by atoms with Gasteiger partial charge < -0.3 is 14.0 Å². The first-order valence-electron chi connectivity index (χ1n) is 9.58. The standard InChI is InChI=1S/C20H23ClN4O5S3/c1-10-9-11(2)17(30-32-25(5)6)12(3)16(10)22-19(26)18-14(7-8-31-18)33(27,28)24-20-15(21)13(4)23-29-20/h7-9,24H,1-6H3,(H,22,26). The van der Waals surface area contributed by atoms with Crippen molar-refractivity contribution in [3.05, 3.63) is 49.8 Å². The predicted octanol–water partition coefficient (Wildman–Crippen LogP) is 5.18. The summed E-state index contributed by atoms with van der Waals surface area (Å²) in [5.74, 6) is -0.144. The summed E-state index contributed by atoms with van der Waals surface area (Å²) in [6.07, 6.45) is 0. The Morgan fingerprint density at radius 1 is 1.24 bits per heavy atom. The van der Waals surface area contributed by atoms with Crippen LogP contribution in [0.25, 0.3) is 0 Å². The van der Waals surface area contributed by atoms with Crippen LogP contribution < -0.4 is 14.2 Å². The number of amides is 1. The van der Waals surface area contributed by atoms with Gasteiger partial charge in [-0.15, -0.1) is 11.3 Å². The zero-order valence-corrected chi connectivity index (χ0v) is 22.0. The van der Waals surface area contributed by atoms with Gasteiger partial charge in [-0.25, -0.2) is 17.4 Å². The summed E-state index contributed by atoms with van der Waals surface area (Å²) < 4.78 is 40.6. The van der Waals surface area contributed by atoms with Gasteiger partial charge in [0.05, 0.1) is 5.69 Å². The van der Waals surface area contributed by atoms with Gasteiger partial charge in [-0.3, -0.25) is 4.79 Å². The van der Waals surface area contributed by atoms with E-state index in [2.05, 4.69) is 15.2 Å². The monoisotopic (exact) mass is 530 g/mol. The van der Waals surface area contributed by atoms with Crippen LogP contribution in [-0.2, 0) is 10.0 Å². The molecular formula is C20H23ClN4O5S3. The summed E-state index contributed by atoms with van der Waals surface area (Å²) in [6.45, 7) is 7.20. The lowest BCUT2D eigenvalue weighted by atomic mass is 10.0. The van der Waals surface area contributed by atoms with Crippen LogP contribution >= 0.6 is 35.2 Å². The van der Waals surface area contributed by atoms with E-state index in [0.29, 0.717) is 17.1 Å². The summed E-state index contributed by atoms with van der Waals surface area (Å²) in [7, 11) is -0.446. The molecule has 3 aromatic rings. The van der Waals surface area contributed by atoms with Crippen molar-refractivity contribution in [1.82, 2.24) is 9.46 Å². The summed E-state index contributed by atoms with van der Waals surface area (Å²) in [4.78, 5) is 12.9. The van der Waals surface area contributed by atoms with E-state index in [0.717, 1.165) is 40.3 Å². The van der Waals surface area contributed by atoms with Crippen LogP contribution in [0.3, 0.4) is 0 Å². The number of hydrogen-bond donors (Lipinski definition) is 2. The molecule has 0 fully saturated rings. The Balaban J connectivity index is 1.91. The molecule has 3 rings (SSSR count). The van der Waals surface area contributed by atoms with E-state index in [4.69, 9.17) is 20.3 Å². The largest absolute Gasteiger partial charge is 0.409 e. The van der Waals surface area contributed by atoms with Gasteiger partial charge in [0.15, 0.2) is 0 Å². The number of rotatable bonds is 8. The average Bonchev–Trinajstić information content (AvgIpc) is 3.34. The van der Waals surface area contributed by atoms with Crippen LogP contribution in [0.5, 0.6) is 5.75 Å². The number of nitrogens with one attached hydrogen (secondary N) is 2. The minimum Gasteiger partial charge on any atom is -0.409 e. The van der Waals surface area contributed by atoms with Crippen molar-refractivity contribution in [2.75, 3.05) is 24.1 Å². The number of hydrogen-bond acceptors (Lipinski definition) is 9. The molecular weight excluding hydrogens is 508 g/mol. The third-order valence-corrected chi connectivity index (χ3v) is 7.95. The Morgan fingerprint density at radius 2 is 1.94 bits per heavy atom. The van der Waals surface area contributed by atoms with Crippen LogP contribution in [0.4, 0.5) is 11.6 Å². The maximum absolute atomic E-state index is 13.1. The van der Waals surface area contributed by atoms with Gasteiger partial charge in [0.1, 0.15) is 38.5 Å². The highest BCUT2D eigenvalue weighted by atomic mass is 35.5. The van der Waals surface area contributed by atoms with E-state index in [9.17, 15) is 13.2 Å². The van der Waals surface area contributed by atoms with Crippen molar-refractivity contribution in [2.45, 2.75) is 32.6 Å². The number of carbonyl (C=O) groups is 1. The fraction of sp³-hybridized carbons (Fsp3) is 0.300. The molecule has 13 heteroatoms. The number of sulfonamides is 1. The van der Waals surface area contributed by atoms with E-state index in [1.165, 1.54) is 11.4 Å². The van der Waals surface area contributed by atoms with E-state index in [1.54, 1.807) is 11.2 Å². The normalized spacial score (nSPS) is 11.6. The summed E-state index contributed by atoms with van der Waals surface area (Å²) in [5, 5.41) is 8.04. The molecule has 0 aliphatic rings. The van der Waals surface area contributed by atoms with Crippen molar-refractivity contribution in [3.63, 3.8) is 0 Å². The molecule has 9 nitrogen and oxygen atoms in total. The molecule has 33 heavy (non-hydrogen) atoms. The molecule has 0 radical (unpaired) electrons. The highest BCUT2D eigenvalue weighted by Crippen LogP contribution is 2.36. The van der Waals surface area contributed by atoms with Crippen LogP contribution in [0.15, 0.2) is 26.9 Å². The van der Waals surface area contributed by atoms with Crippen molar-refractivity contribution >= 4 is 62.7 Å². The average molecular weight is 531 g/mol. The molecule has 0 aliphatic carbocycles. The highest BCUT2D eigenvalue weighted by Gasteiger charge is 2.27. The van der Waals surface area contributed by atoms with Crippen molar-refractivity contribution in [2.24, 2.45) is 0 Å². The summed E-state index contributed by atoms with van der Waals surface area (Å²) in [5.41, 5.74) is 3.37. The molecule has 0 aliphatic heterocycles. The Hall–Kier alpha value is -2.25. The summed E-state index contributed by atoms with van der Waals surface area (Å²) >= 11 is 8.19. The molecule has 2 aromatic heterocycles. The van der Waals surface area contributed by atoms with Gasteiger partial charge in [-0.05, 0) is 50.3 Å². The molecule has 0 bridgehead atoms. The molecule has 0 unspecified atom stereocenters. The second-order valence-electron chi connectivity index (χ2n) is 7.39. The van der Waals surface area contributed by atoms with Crippen LogP contribution in [0.1, 0.15) is 32.1 Å². The fourth-order valence-electron chi connectivity index (χ4n) is 3.04. The van der Waals surface area contributed by atoms with E-state index in [-0.39, 0.29) is 20.7 Å². The molecule has 1 amide bonds. The highest BCUT2D eigenvalue weighted by molar-refractivity contribution is 7.93. The number of aryl methyl sites for hydroxylation is 3. The smallest absolute Gasteiger partial charge is 0.267 e. The lowest BCUT2D eigenvalue weighted by Crippen LogP contribution is -2.19. The minimum atomic E-state index is -4.15. The second-order valence-corrected chi connectivity index (χ2v) is 11.4. The number of benzene rings is 1. The first-order valence-corrected chi connectivity index (χ1v) is 13.0. The van der Waals surface area contributed by atoms with Gasteiger partial charge in [-0.1, -0.05) is 22.8 Å². The zero-order chi connectivity index (χ0) is 24.5. The molecule has 178 valence electrons. The van der Waals surface area contributed by atoms with Gasteiger partial charge >= 0.3 is 0 Å². The Labute approximate surface area is 205 Å². The fourth-order valence-corrected chi connectivity index (χ4v) is 6.02. The SMILES string of the molecule is Cc1cc(C)c(OSN(C)C)c(C)c1NC(=O)c1sccc1S(=O)(=O)Nc1onc(C)c1Cl. The lowest BCUT2D eigenvalue weighted by molar-refractivity contribution is 0.102. The number of nitrogens with zero attached hydrogens (tertiary/aromatic N) is 2. The van der Waals surface area contributed by atoms with E-state index < -0.39 is 15.9 Å². The first kappa shape index (κ1) is 25.4. The van der Waals surface area contributed by atoms with E-state index in [1.807, 2.05) is 40.9 Å². The first-order chi connectivity index (χ1) is 15.4. The van der Waals surface area contributed by atoms with Crippen LogP contribution in [0, 0.1) is 27.7 Å². The van der Waals surface area contributed by atoms with Gasteiger partial charge in [0.2, 0.25) is 0 Å². The van der Waals surface area contributed by atoms with Crippen LogP contribution in [-0.4, -0.2) is 37.9 Å². The number of thiophene rings is 1. The molecule has 0 saturated heterocycles. The number of carbonyl (C=O) groups excluding carboxylic acids is 1. The van der Waals surface area contributed by atoms with Crippen LogP contribution in [0.2, 0.25) is 5.02 Å². The topological polar surface area (TPSA) is 114 Å². The molecule has 2 heterocycles. The van der Waals surface area contributed by atoms with Crippen molar-refractivity contribution in [1.29, 1.82) is 0 Å². The lowest BCUT2D eigenvalue weighted by Gasteiger charge is -2.18. The Bertz CT molecular complexity index is 1300. The number of anilines is 2. The quantitative estimate of drug-likeness (QED) is 0.302. The van der Waals surface area contributed by atoms with E-state index >= 15 is 0 Å². The van der Waals surface area contributed by atoms with Gasteiger partial charge in [-0.2, -0.15) is 0 Å². The third kappa shape index (κ3) is 5.46. The molecule has 0 atom stereocenters. The van der Waals surface area contributed by atoms with Crippen molar-refractivity contribution in [3.8, 4) is 5.75 Å². The zero-order valence-electron chi connectivity index (χ0n) is 18.8. The van der Waals surface area contributed by atoms with Gasteiger partial charge in [0.25, 0.3) is 21.8 Å². The second kappa shape index (κ2) is 9.94. The maximum Gasteiger partial charge on any atom is 0.267 e. The summed E-state index contributed by atoms with van der Waals surface area (Å²) in [6, 6.07) is 3.24. The molecule has 1 aromatic carbocycles. The third-order valence-electron chi connectivity index (χ3n) is 4.55. The number of halogens is 1. The molecule has 2 N–H and O–H groups in total. The number of aromatic nitrogens is 1.